The summed E-state index contributed by atoms with van der Waals surface area (Å²) in [5.41, 5.74) is 2.54. The van der Waals surface area contributed by atoms with E-state index in [0.717, 1.165) is 11.4 Å². The van der Waals surface area contributed by atoms with Gasteiger partial charge in [0, 0.05) is 19.2 Å². The molecule has 0 saturated heterocycles. The summed E-state index contributed by atoms with van der Waals surface area (Å²) < 4.78 is 0. The number of fused-ring (bicyclic) bond motifs is 1. The van der Waals surface area contributed by atoms with Gasteiger partial charge in [-0.1, -0.05) is 0 Å². The summed E-state index contributed by atoms with van der Waals surface area (Å²) in [7, 11) is 1.74. The molecule has 1 unspecified atom stereocenters. The number of rotatable bonds is 2. The van der Waals surface area contributed by atoms with E-state index in [2.05, 4.69) is 20.2 Å². The number of carboxylic acids is 1. The number of aliphatic carboxylic acids is 1. The molecule has 0 fully saturated rings. The van der Waals surface area contributed by atoms with Crippen molar-refractivity contribution < 1.29 is 9.90 Å². The Hall–Kier alpha value is -2.18. The molecule has 18 heavy (non-hydrogen) atoms. The fourth-order valence-electron chi connectivity index (χ4n) is 2.27. The molecule has 2 heterocycles. The fourth-order valence-corrected chi connectivity index (χ4v) is 2.27. The Morgan fingerprint density at radius 3 is 3.11 bits per heavy atom. The number of hydrogen-bond acceptors (Lipinski definition) is 4. The molecule has 2 aromatic rings. The molecule has 0 aromatic carbocycles. The molecule has 0 spiro atoms. The van der Waals surface area contributed by atoms with E-state index in [-0.39, 0.29) is 5.92 Å². The smallest absolute Gasteiger partial charge is 0.306 e. The number of nitrogens with one attached hydrogen (secondary N) is 1. The zero-order chi connectivity index (χ0) is 12.7. The quantitative estimate of drug-likeness (QED) is 0.800. The number of hydrogen-bond donors (Lipinski definition) is 2. The van der Waals surface area contributed by atoms with Gasteiger partial charge in [0.2, 0.25) is 0 Å². The van der Waals surface area contributed by atoms with Crippen LogP contribution in [0, 0.1) is 5.92 Å². The van der Waals surface area contributed by atoms with Crippen LogP contribution in [0.1, 0.15) is 17.8 Å². The van der Waals surface area contributed by atoms with Crippen molar-refractivity contribution in [2.75, 3.05) is 0 Å². The maximum Gasteiger partial charge on any atom is 0.306 e. The van der Waals surface area contributed by atoms with Crippen molar-refractivity contribution in [3.05, 3.63) is 17.6 Å². The lowest BCUT2D eigenvalue weighted by Gasteiger charge is -2.16. The first kappa shape index (κ1) is 10.9. The molecule has 7 nitrogen and oxygen atoms in total. The van der Waals surface area contributed by atoms with Gasteiger partial charge >= 0.3 is 5.97 Å². The van der Waals surface area contributed by atoms with Gasteiger partial charge in [-0.3, -0.25) is 4.79 Å². The molecule has 1 aliphatic carbocycles. The lowest BCUT2D eigenvalue weighted by molar-refractivity contribution is -0.142. The molecule has 0 bridgehead atoms. The minimum atomic E-state index is -0.740. The van der Waals surface area contributed by atoms with Crippen LogP contribution >= 0.6 is 0 Å². The van der Waals surface area contributed by atoms with Gasteiger partial charge in [0.25, 0.3) is 0 Å². The molecule has 0 amide bonds. The normalized spacial score (nSPS) is 18.6. The first-order valence-electron chi connectivity index (χ1n) is 5.80. The molecule has 0 saturated carbocycles. The molecular formula is C11H13N5O2. The molecule has 94 valence electrons. The average molecular weight is 247 g/mol. The van der Waals surface area contributed by atoms with Crippen LogP contribution in [0.3, 0.4) is 0 Å². The van der Waals surface area contributed by atoms with Gasteiger partial charge in [-0.2, -0.15) is 15.0 Å². The Labute approximate surface area is 103 Å². The molecule has 0 radical (unpaired) electrons. The number of imidazole rings is 1. The van der Waals surface area contributed by atoms with Crippen LogP contribution in [-0.4, -0.2) is 36.0 Å². The molecule has 2 N–H and O–H groups in total. The first-order chi connectivity index (χ1) is 8.63. The summed E-state index contributed by atoms with van der Waals surface area (Å²) in [4.78, 5) is 20.1. The van der Waals surface area contributed by atoms with Crippen LogP contribution in [0.2, 0.25) is 0 Å². The van der Waals surface area contributed by atoms with Crippen LogP contribution in [0.5, 0.6) is 0 Å². The molecule has 7 heteroatoms. The standard InChI is InChI=1S/C11H13N5O2/c1-16-12-5-9(15-16)10-13-7-3-2-6(11(17)18)4-8(7)14-10/h5-6H,2-4H2,1H3,(H,13,14)(H,17,18). The van der Waals surface area contributed by atoms with Crippen LogP contribution in [0.4, 0.5) is 0 Å². The van der Waals surface area contributed by atoms with Gasteiger partial charge in [0.1, 0.15) is 5.69 Å². The van der Waals surface area contributed by atoms with Gasteiger partial charge in [-0.15, -0.1) is 0 Å². The van der Waals surface area contributed by atoms with Crippen molar-refractivity contribution in [2.45, 2.75) is 19.3 Å². The summed E-state index contributed by atoms with van der Waals surface area (Å²) in [6.07, 6.45) is 3.49. The van der Waals surface area contributed by atoms with Crippen molar-refractivity contribution in [1.29, 1.82) is 0 Å². The predicted octanol–water partition coefficient (Wildman–Crippen LogP) is 0.395. The van der Waals surface area contributed by atoms with Crippen LogP contribution in [0.15, 0.2) is 6.20 Å². The lowest BCUT2D eigenvalue weighted by Crippen LogP contribution is -2.22. The second-order valence-electron chi connectivity index (χ2n) is 4.51. The minimum absolute atomic E-state index is 0.312. The molecule has 2 aromatic heterocycles. The zero-order valence-corrected chi connectivity index (χ0v) is 9.92. The van der Waals surface area contributed by atoms with Crippen LogP contribution < -0.4 is 0 Å². The number of aromatic nitrogens is 5. The minimum Gasteiger partial charge on any atom is -0.481 e. The summed E-state index contributed by atoms with van der Waals surface area (Å²) in [6.45, 7) is 0. The number of H-pyrrole nitrogens is 1. The van der Waals surface area contributed by atoms with Crippen molar-refractivity contribution in [3.63, 3.8) is 0 Å². The van der Waals surface area contributed by atoms with E-state index >= 15 is 0 Å². The summed E-state index contributed by atoms with van der Waals surface area (Å²) in [5, 5.41) is 17.2. The lowest BCUT2D eigenvalue weighted by atomic mass is 9.90. The Kier molecular flexibility index (Phi) is 2.39. The second-order valence-corrected chi connectivity index (χ2v) is 4.51. The number of carboxylic acid groups (broad SMARTS) is 1. The SMILES string of the molecule is Cn1ncc(-c2nc3c([nH]2)CC(C(=O)O)CC3)n1. The summed E-state index contributed by atoms with van der Waals surface area (Å²) in [6, 6.07) is 0. The topological polar surface area (TPSA) is 96.7 Å². The third-order valence-electron chi connectivity index (χ3n) is 3.24. The fraction of sp³-hybridized carbons (Fsp3) is 0.455. The molecular weight excluding hydrogens is 234 g/mol. The number of aromatic amines is 1. The molecule has 1 atom stereocenters. The largest absolute Gasteiger partial charge is 0.481 e. The Bertz CT molecular complexity index is 600. The number of nitrogens with zero attached hydrogens (tertiary/aromatic N) is 4. The monoisotopic (exact) mass is 247 g/mol. The predicted molar refractivity (Wildman–Crippen MR) is 61.7 cm³/mol. The maximum absolute atomic E-state index is 11.0. The molecule has 3 rings (SSSR count). The van der Waals surface area contributed by atoms with Crippen molar-refractivity contribution in [3.8, 4) is 11.5 Å². The zero-order valence-electron chi connectivity index (χ0n) is 9.92. The van der Waals surface area contributed by atoms with E-state index in [9.17, 15) is 4.79 Å². The summed E-state index contributed by atoms with van der Waals surface area (Å²) in [5.74, 6) is -0.386. The van der Waals surface area contributed by atoms with Gasteiger partial charge in [-0.25, -0.2) is 4.98 Å². The highest BCUT2D eigenvalue weighted by molar-refractivity contribution is 5.70. The van der Waals surface area contributed by atoms with Crippen molar-refractivity contribution >= 4 is 5.97 Å². The van der Waals surface area contributed by atoms with E-state index in [1.807, 2.05) is 0 Å². The van der Waals surface area contributed by atoms with Gasteiger partial charge in [0.15, 0.2) is 5.82 Å². The highest BCUT2D eigenvalue weighted by Crippen LogP contribution is 2.26. The number of carbonyl (C=O) groups is 1. The van der Waals surface area contributed by atoms with E-state index in [0.29, 0.717) is 30.8 Å². The summed E-state index contributed by atoms with van der Waals surface area (Å²) >= 11 is 0. The third-order valence-corrected chi connectivity index (χ3v) is 3.24. The van der Waals surface area contributed by atoms with Crippen molar-refractivity contribution in [1.82, 2.24) is 25.0 Å². The van der Waals surface area contributed by atoms with Gasteiger partial charge < -0.3 is 10.1 Å². The van der Waals surface area contributed by atoms with E-state index in [1.54, 1.807) is 13.2 Å². The van der Waals surface area contributed by atoms with E-state index < -0.39 is 5.97 Å². The number of aryl methyl sites for hydroxylation is 2. The van der Waals surface area contributed by atoms with Crippen molar-refractivity contribution in [2.24, 2.45) is 13.0 Å². The van der Waals surface area contributed by atoms with Crippen LogP contribution in [-0.2, 0) is 24.7 Å². The van der Waals surface area contributed by atoms with E-state index in [4.69, 9.17) is 5.11 Å². The van der Waals surface area contributed by atoms with Crippen LogP contribution in [0.25, 0.3) is 11.5 Å². The Balaban J connectivity index is 1.91. The second kappa shape index (κ2) is 3.94. The average Bonchev–Trinajstić information content (AvgIpc) is 2.93. The highest BCUT2D eigenvalue weighted by atomic mass is 16.4. The first-order valence-corrected chi connectivity index (χ1v) is 5.80. The van der Waals surface area contributed by atoms with E-state index in [1.165, 1.54) is 4.80 Å². The molecule has 0 aliphatic heterocycles. The third kappa shape index (κ3) is 1.77. The van der Waals surface area contributed by atoms with Gasteiger partial charge in [0.05, 0.1) is 17.8 Å². The highest BCUT2D eigenvalue weighted by Gasteiger charge is 2.27. The Morgan fingerprint density at radius 1 is 1.61 bits per heavy atom. The molecule has 1 aliphatic rings. The Morgan fingerprint density at radius 2 is 2.44 bits per heavy atom. The maximum atomic E-state index is 11.0. The van der Waals surface area contributed by atoms with Gasteiger partial charge in [-0.05, 0) is 12.8 Å².